The second-order valence-electron chi connectivity index (χ2n) is 12.3. The van der Waals surface area contributed by atoms with Crippen LogP contribution in [0.5, 0.6) is 6.01 Å². The third-order valence-corrected chi connectivity index (χ3v) is 9.69. The van der Waals surface area contributed by atoms with E-state index in [1.165, 1.54) is 41.2 Å². The third-order valence-electron chi connectivity index (χ3n) is 9.69. The van der Waals surface area contributed by atoms with E-state index in [1.807, 2.05) is 4.90 Å². The van der Waals surface area contributed by atoms with Crippen molar-refractivity contribution in [2.45, 2.75) is 63.6 Å². The van der Waals surface area contributed by atoms with Crippen molar-refractivity contribution in [1.82, 2.24) is 19.8 Å². The summed E-state index contributed by atoms with van der Waals surface area (Å²) in [6, 6.07) is 14.7. The SMILES string of the molecule is C=CC(=O)N1CC[C@@H]2[C@H]1CN2c1nc(OC[C@@H]2C[C@@H](C)CN2C)nc2cc(-c3cccc4c3CCCC4)ccc12. The normalized spacial score (nSPS) is 25.9. The predicted octanol–water partition coefficient (Wildman–Crippen LogP) is 4.87. The Balaban J connectivity index is 1.25. The molecule has 4 aliphatic rings. The number of benzene rings is 2. The molecular formula is C33H39N5O2. The standard InChI is InChI=1S/C33H39N5O2/c1-4-31(39)37-15-14-29-30(37)19-38(29)32-27-13-12-23(26-11-7-9-22-8-5-6-10-25(22)26)17-28(27)34-33(35-32)40-20-24-16-21(2)18-36(24)3/h4,7,9,11-13,17,21,24,29-30H,1,5-6,8,10,14-16,18-20H2,2-3H3/t21-,24+,29-,30-/m1/s1. The van der Waals surface area contributed by atoms with E-state index < -0.39 is 0 Å². The summed E-state index contributed by atoms with van der Waals surface area (Å²) in [5.74, 6) is 1.62. The monoisotopic (exact) mass is 537 g/mol. The van der Waals surface area contributed by atoms with Crippen LogP contribution in [0.2, 0.25) is 0 Å². The van der Waals surface area contributed by atoms with E-state index in [9.17, 15) is 4.79 Å². The molecule has 3 fully saturated rings. The molecule has 0 bridgehead atoms. The van der Waals surface area contributed by atoms with E-state index in [1.54, 1.807) is 0 Å². The first-order valence-corrected chi connectivity index (χ1v) is 15.0. The van der Waals surface area contributed by atoms with Crippen LogP contribution >= 0.6 is 0 Å². The maximum absolute atomic E-state index is 12.4. The second-order valence-corrected chi connectivity index (χ2v) is 12.3. The molecule has 2 aromatic carbocycles. The Morgan fingerprint density at radius 1 is 1.12 bits per heavy atom. The number of amides is 1. The van der Waals surface area contributed by atoms with Crippen molar-refractivity contribution in [2.24, 2.45) is 5.92 Å². The zero-order valence-corrected chi connectivity index (χ0v) is 23.7. The maximum Gasteiger partial charge on any atom is 0.319 e. The van der Waals surface area contributed by atoms with Crippen LogP contribution in [0, 0.1) is 5.92 Å². The quantitative estimate of drug-likeness (QED) is 0.418. The molecule has 7 heteroatoms. The lowest BCUT2D eigenvalue weighted by atomic mass is 9.86. The minimum atomic E-state index is 0.0227. The lowest BCUT2D eigenvalue weighted by Gasteiger charge is -2.47. The lowest BCUT2D eigenvalue weighted by Crippen LogP contribution is -2.63. The Morgan fingerprint density at radius 3 is 2.83 bits per heavy atom. The molecule has 0 spiro atoms. The Hall–Kier alpha value is -3.45. The van der Waals surface area contributed by atoms with Crippen molar-refractivity contribution in [3.05, 3.63) is 60.2 Å². The maximum atomic E-state index is 12.4. The molecule has 4 heterocycles. The van der Waals surface area contributed by atoms with E-state index in [-0.39, 0.29) is 18.0 Å². The van der Waals surface area contributed by atoms with E-state index in [2.05, 4.69) is 66.7 Å². The van der Waals surface area contributed by atoms with E-state index in [0.717, 1.165) is 62.0 Å². The van der Waals surface area contributed by atoms with Gasteiger partial charge in [0, 0.05) is 31.1 Å². The summed E-state index contributed by atoms with van der Waals surface area (Å²) in [7, 11) is 2.17. The highest BCUT2D eigenvalue weighted by Gasteiger charge is 2.49. The molecule has 7 nitrogen and oxygen atoms in total. The summed E-state index contributed by atoms with van der Waals surface area (Å²) < 4.78 is 6.33. The molecule has 40 heavy (non-hydrogen) atoms. The average molecular weight is 538 g/mol. The van der Waals surface area contributed by atoms with Gasteiger partial charge in [0.25, 0.3) is 0 Å². The van der Waals surface area contributed by atoms with Gasteiger partial charge in [-0.3, -0.25) is 9.69 Å². The first-order chi connectivity index (χ1) is 19.5. The van der Waals surface area contributed by atoms with E-state index >= 15 is 0 Å². The van der Waals surface area contributed by atoms with Crippen LogP contribution in [0.25, 0.3) is 22.0 Å². The number of hydrogen-bond acceptors (Lipinski definition) is 6. The molecule has 3 saturated heterocycles. The van der Waals surface area contributed by atoms with Gasteiger partial charge in [0.05, 0.1) is 17.6 Å². The molecule has 1 amide bonds. The van der Waals surface area contributed by atoms with Gasteiger partial charge in [-0.05, 0) is 92.0 Å². The number of likely N-dealkylation sites (N-methyl/N-ethyl adjacent to an activating group) is 1. The summed E-state index contributed by atoms with van der Waals surface area (Å²) in [6.07, 6.45) is 8.32. The van der Waals surface area contributed by atoms with Gasteiger partial charge in [0.2, 0.25) is 5.91 Å². The van der Waals surface area contributed by atoms with Crippen LogP contribution in [0.3, 0.4) is 0 Å². The number of likely N-dealkylation sites (tertiary alicyclic amines) is 2. The zero-order valence-electron chi connectivity index (χ0n) is 23.7. The first kappa shape index (κ1) is 25.5. The van der Waals surface area contributed by atoms with E-state index in [0.29, 0.717) is 24.6 Å². The minimum absolute atomic E-state index is 0.0227. The lowest BCUT2D eigenvalue weighted by molar-refractivity contribution is -0.127. The largest absolute Gasteiger partial charge is 0.462 e. The molecule has 0 N–H and O–H groups in total. The number of anilines is 1. The van der Waals surface area contributed by atoms with Crippen LogP contribution in [-0.2, 0) is 17.6 Å². The van der Waals surface area contributed by atoms with Crippen LogP contribution < -0.4 is 9.64 Å². The number of carbonyl (C=O) groups excluding carboxylic acids is 1. The van der Waals surface area contributed by atoms with Crippen molar-refractivity contribution in [1.29, 1.82) is 0 Å². The Kier molecular flexibility index (Phi) is 6.50. The molecule has 0 unspecified atom stereocenters. The molecule has 0 radical (unpaired) electrons. The number of carbonyl (C=O) groups is 1. The number of aromatic nitrogens is 2. The van der Waals surface area contributed by atoms with Crippen molar-refractivity contribution < 1.29 is 9.53 Å². The highest BCUT2D eigenvalue weighted by Crippen LogP contribution is 2.41. The Bertz CT molecular complexity index is 1470. The number of hydrogen-bond donors (Lipinski definition) is 0. The van der Waals surface area contributed by atoms with Gasteiger partial charge in [-0.2, -0.15) is 9.97 Å². The van der Waals surface area contributed by atoms with Crippen LogP contribution in [0.15, 0.2) is 49.1 Å². The third kappa shape index (κ3) is 4.35. The minimum Gasteiger partial charge on any atom is -0.462 e. The molecule has 208 valence electrons. The summed E-state index contributed by atoms with van der Waals surface area (Å²) >= 11 is 0. The van der Waals surface area contributed by atoms with Crippen LogP contribution in [-0.4, -0.2) is 77.1 Å². The van der Waals surface area contributed by atoms with Crippen molar-refractivity contribution in [3.8, 4) is 17.1 Å². The van der Waals surface area contributed by atoms with Gasteiger partial charge in [-0.15, -0.1) is 0 Å². The van der Waals surface area contributed by atoms with E-state index in [4.69, 9.17) is 14.7 Å². The molecule has 3 aliphatic heterocycles. The second kappa shape index (κ2) is 10.2. The summed E-state index contributed by atoms with van der Waals surface area (Å²) in [6.45, 7) is 9.21. The molecule has 4 atom stereocenters. The molecule has 3 aromatic rings. The van der Waals surface area contributed by atoms with Crippen molar-refractivity contribution >= 4 is 22.6 Å². The number of nitrogens with zero attached hydrogens (tertiary/aromatic N) is 5. The molecule has 1 aromatic heterocycles. The number of fused-ring (bicyclic) bond motifs is 3. The molecule has 1 aliphatic carbocycles. The van der Waals surface area contributed by atoms with Crippen molar-refractivity contribution in [2.75, 3.05) is 38.2 Å². The van der Waals surface area contributed by atoms with Gasteiger partial charge < -0.3 is 14.5 Å². The first-order valence-electron chi connectivity index (χ1n) is 15.0. The fourth-order valence-electron chi connectivity index (χ4n) is 7.57. The smallest absolute Gasteiger partial charge is 0.319 e. The molecule has 0 saturated carbocycles. The van der Waals surface area contributed by atoms with Gasteiger partial charge in [-0.25, -0.2) is 0 Å². The molecule has 7 rings (SSSR count). The highest BCUT2D eigenvalue weighted by molar-refractivity contribution is 5.94. The van der Waals surface area contributed by atoms with Crippen LogP contribution in [0.4, 0.5) is 5.82 Å². The summed E-state index contributed by atoms with van der Waals surface area (Å²) in [5.41, 5.74) is 6.41. The summed E-state index contributed by atoms with van der Waals surface area (Å²) in [4.78, 5) is 29.1. The Morgan fingerprint density at radius 2 is 2.00 bits per heavy atom. The number of rotatable bonds is 6. The Labute approximate surface area is 236 Å². The van der Waals surface area contributed by atoms with Crippen LogP contribution in [0.1, 0.15) is 43.7 Å². The van der Waals surface area contributed by atoms with Crippen molar-refractivity contribution in [3.63, 3.8) is 0 Å². The fourth-order valence-corrected chi connectivity index (χ4v) is 7.57. The van der Waals surface area contributed by atoms with Gasteiger partial charge in [0.15, 0.2) is 0 Å². The predicted molar refractivity (Wildman–Crippen MR) is 159 cm³/mol. The number of aryl methyl sites for hydroxylation is 1. The molecular weight excluding hydrogens is 498 g/mol. The fraction of sp³-hybridized carbons (Fsp3) is 0.485. The highest BCUT2D eigenvalue weighted by atomic mass is 16.5. The summed E-state index contributed by atoms with van der Waals surface area (Å²) in [5, 5.41) is 1.04. The van der Waals surface area contributed by atoms with Gasteiger partial charge in [0.1, 0.15) is 12.4 Å². The van der Waals surface area contributed by atoms with Gasteiger partial charge in [-0.1, -0.05) is 37.8 Å². The average Bonchev–Trinajstić information content (AvgIpc) is 3.47. The topological polar surface area (TPSA) is 61.8 Å². The van der Waals surface area contributed by atoms with Gasteiger partial charge >= 0.3 is 6.01 Å². The number of ether oxygens (including phenoxy) is 1. The zero-order chi connectivity index (χ0) is 27.4.